The van der Waals surface area contributed by atoms with E-state index in [1.54, 1.807) is 20.2 Å². The van der Waals surface area contributed by atoms with Crippen LogP contribution in [-0.2, 0) is 17.8 Å². The summed E-state index contributed by atoms with van der Waals surface area (Å²) < 4.78 is 33.5. The molecule has 1 aliphatic carbocycles. The van der Waals surface area contributed by atoms with Crippen LogP contribution in [0.2, 0.25) is 10.0 Å². The van der Waals surface area contributed by atoms with Gasteiger partial charge >= 0.3 is 6.03 Å². The quantitative estimate of drug-likeness (QED) is 0.150. The summed E-state index contributed by atoms with van der Waals surface area (Å²) in [4.78, 5) is 65.5. The lowest BCUT2D eigenvalue weighted by Gasteiger charge is -2.57. The molecule has 5 aromatic rings. The van der Waals surface area contributed by atoms with Crippen molar-refractivity contribution in [3.05, 3.63) is 92.9 Å². The third-order valence-electron chi connectivity index (χ3n) is 12.4. The number of halogens is 4. The number of imidazole rings is 1. The van der Waals surface area contributed by atoms with Gasteiger partial charge in [-0.3, -0.25) is 34.5 Å². The first-order valence-electron chi connectivity index (χ1n) is 20.9. The fourth-order valence-corrected chi connectivity index (χ4v) is 9.41. The number of aromatic nitrogens is 4. The van der Waals surface area contributed by atoms with Crippen LogP contribution in [0.25, 0.3) is 16.9 Å². The molecule has 0 unspecified atom stereocenters. The Hall–Kier alpha value is -5.91. The highest BCUT2D eigenvalue weighted by Crippen LogP contribution is 2.51. The summed E-state index contributed by atoms with van der Waals surface area (Å²) >= 11 is 13.4. The standard InChI is InChI=1S/C41H39Cl2F2N11O4.C3H6/c1-22-12-24(14-30(34(22)43)55-10-7-33(57)50-39(55)60)38(59)53-11-8-40(41(44,45)21-53)19-52(20-40)18-23-13-27(42)35(48-16-23)26-4-3-5-29-25(26)6-9-54(29)32-15-28(47-2)37-49-17-31(36(46)58)56(37)51-32;1-2-3-1/h3-5,12-17,47H,6-11,18-21H2,1-2H3,(H2,46,58)(H,50,57,60);1-3H2. The van der Waals surface area contributed by atoms with Crippen LogP contribution in [0.1, 0.15) is 69.6 Å². The highest BCUT2D eigenvalue weighted by Gasteiger charge is 2.62. The minimum Gasteiger partial charge on any atom is -0.385 e. The molecule has 4 fully saturated rings. The highest BCUT2D eigenvalue weighted by molar-refractivity contribution is 6.35. The van der Waals surface area contributed by atoms with Gasteiger partial charge in [0.1, 0.15) is 5.69 Å². The average molecular weight is 901 g/mol. The van der Waals surface area contributed by atoms with Gasteiger partial charge in [-0.25, -0.2) is 23.1 Å². The predicted molar refractivity (Wildman–Crippen MR) is 235 cm³/mol. The number of pyridine rings is 1. The molecule has 4 N–H and O–H groups in total. The van der Waals surface area contributed by atoms with Gasteiger partial charge < -0.3 is 20.9 Å². The number of nitrogens with one attached hydrogen (secondary N) is 2. The van der Waals surface area contributed by atoms with Crippen LogP contribution < -0.4 is 26.2 Å². The number of hydrogen-bond donors (Lipinski definition) is 3. The normalized spacial score (nSPS) is 18.7. The Kier molecular flexibility index (Phi) is 11.0. The number of piperidine rings is 1. The molecule has 0 atom stereocenters. The minimum atomic E-state index is -3.16. The number of benzene rings is 2. The zero-order valence-corrected chi connectivity index (χ0v) is 36.2. The van der Waals surface area contributed by atoms with Crippen molar-refractivity contribution >= 4 is 75.5 Å². The molecule has 0 radical (unpaired) electrons. The molecule has 63 heavy (non-hydrogen) atoms. The number of fused-ring (bicyclic) bond motifs is 2. The second-order valence-corrected chi connectivity index (χ2v) is 17.6. The zero-order chi connectivity index (χ0) is 44.4. The summed E-state index contributed by atoms with van der Waals surface area (Å²) in [7, 11) is 1.77. The number of rotatable bonds is 8. The third-order valence-corrected chi connectivity index (χ3v) is 13.2. The number of anilines is 4. The number of alkyl halides is 2. The summed E-state index contributed by atoms with van der Waals surface area (Å²) in [6.07, 6.45) is 8.48. The van der Waals surface area contributed by atoms with Gasteiger partial charge in [-0.1, -0.05) is 54.6 Å². The molecule has 4 aliphatic heterocycles. The van der Waals surface area contributed by atoms with Crippen LogP contribution in [-0.4, -0.2) is 105 Å². The van der Waals surface area contributed by atoms with Crippen LogP contribution in [0.4, 0.5) is 36.5 Å². The number of nitrogens with zero attached hydrogens (tertiary/aromatic N) is 8. The van der Waals surface area contributed by atoms with Crippen LogP contribution in [0, 0.1) is 12.3 Å². The molecule has 3 aromatic heterocycles. The molecule has 10 rings (SSSR count). The fraction of sp³-hybridized carbons (Fsp3) is 0.386. The first-order valence-corrected chi connectivity index (χ1v) is 21.6. The number of primary amides is 1. The van der Waals surface area contributed by atoms with Crippen molar-refractivity contribution in [3.63, 3.8) is 0 Å². The Morgan fingerprint density at radius 1 is 0.937 bits per heavy atom. The molecule has 0 bridgehead atoms. The van der Waals surface area contributed by atoms with Crippen LogP contribution in [0.3, 0.4) is 0 Å². The number of hydrogen-bond acceptors (Lipinski definition) is 10. The lowest BCUT2D eigenvalue weighted by atomic mass is 9.69. The van der Waals surface area contributed by atoms with Crippen molar-refractivity contribution < 1.29 is 28.0 Å². The molecule has 5 amide bonds. The first kappa shape index (κ1) is 42.4. The Morgan fingerprint density at radius 3 is 2.38 bits per heavy atom. The van der Waals surface area contributed by atoms with E-state index in [2.05, 4.69) is 20.5 Å². The van der Waals surface area contributed by atoms with Gasteiger partial charge in [-0.15, -0.1) is 5.10 Å². The molecule has 1 spiro atoms. The molecule has 5 aliphatic rings. The van der Waals surface area contributed by atoms with Crippen molar-refractivity contribution in [2.75, 3.05) is 61.4 Å². The summed E-state index contributed by atoms with van der Waals surface area (Å²) in [5, 5.41) is 10.7. The van der Waals surface area contributed by atoms with Crippen molar-refractivity contribution in [1.29, 1.82) is 0 Å². The Labute approximate surface area is 371 Å². The van der Waals surface area contributed by atoms with E-state index in [0.29, 0.717) is 52.9 Å². The third kappa shape index (κ3) is 7.80. The number of amides is 5. The van der Waals surface area contributed by atoms with Gasteiger partial charge in [0.2, 0.25) is 5.91 Å². The van der Waals surface area contributed by atoms with Crippen molar-refractivity contribution in [1.82, 2.24) is 34.7 Å². The number of imide groups is 1. The maximum absolute atomic E-state index is 16.0. The maximum atomic E-state index is 16.0. The van der Waals surface area contributed by atoms with Crippen molar-refractivity contribution in [2.24, 2.45) is 11.1 Å². The van der Waals surface area contributed by atoms with E-state index in [9.17, 15) is 19.2 Å². The number of nitrogens with two attached hydrogens (primary N) is 1. The SMILES string of the molecule is C1CC1.CNc1cc(N2CCc3c(-c4ncc(CN5CC6(CCN(C(=O)c7cc(C)c(Cl)c(N8CCC(=O)NC8=O)c7)CC6(F)F)C5)cc4Cl)cccc32)nn2c(C(N)=O)cnc12. The molecule has 328 valence electrons. The lowest BCUT2D eigenvalue weighted by molar-refractivity contribution is -0.220. The maximum Gasteiger partial charge on any atom is 0.328 e. The Morgan fingerprint density at radius 2 is 1.70 bits per heavy atom. The second-order valence-electron chi connectivity index (χ2n) is 16.8. The predicted octanol–water partition coefficient (Wildman–Crippen LogP) is 6.84. The molecule has 19 heteroatoms. The minimum absolute atomic E-state index is 0.0625. The molecule has 15 nitrogen and oxygen atoms in total. The number of urea groups is 1. The van der Waals surface area contributed by atoms with E-state index < -0.39 is 41.6 Å². The fourth-order valence-electron chi connectivity index (χ4n) is 8.90. The van der Waals surface area contributed by atoms with Crippen LogP contribution >= 0.6 is 23.2 Å². The second kappa shape index (κ2) is 16.3. The topological polar surface area (TPSA) is 174 Å². The average Bonchev–Trinajstić information content (AvgIpc) is 3.96. The lowest BCUT2D eigenvalue weighted by Crippen LogP contribution is -2.70. The summed E-state index contributed by atoms with van der Waals surface area (Å²) in [5.74, 6) is -4.20. The van der Waals surface area contributed by atoms with E-state index in [-0.39, 0.29) is 61.0 Å². The van der Waals surface area contributed by atoms with Gasteiger partial charge in [0.15, 0.2) is 11.5 Å². The van der Waals surface area contributed by atoms with E-state index in [4.69, 9.17) is 39.0 Å². The van der Waals surface area contributed by atoms with Crippen LogP contribution in [0.5, 0.6) is 0 Å². The number of aryl methyl sites for hydroxylation is 1. The Balaban J connectivity index is 0.00000161. The zero-order valence-electron chi connectivity index (χ0n) is 34.7. The summed E-state index contributed by atoms with van der Waals surface area (Å²) in [6, 6.07) is 11.9. The number of likely N-dealkylation sites (tertiary alicyclic amines) is 2. The van der Waals surface area contributed by atoms with E-state index in [1.807, 2.05) is 35.2 Å². The molecular formula is C44H45Cl2F2N11O4. The first-order chi connectivity index (χ1) is 30.2. The van der Waals surface area contributed by atoms with E-state index >= 15 is 8.78 Å². The molecule has 3 saturated heterocycles. The summed E-state index contributed by atoms with van der Waals surface area (Å²) in [5.41, 5.74) is 10.7. The smallest absolute Gasteiger partial charge is 0.328 e. The molecule has 7 heterocycles. The number of carbonyl (C=O) groups is 4. The van der Waals surface area contributed by atoms with Crippen molar-refractivity contribution in [2.45, 2.75) is 57.9 Å². The van der Waals surface area contributed by atoms with Gasteiger partial charge in [-0.2, -0.15) is 0 Å². The Bertz CT molecular complexity index is 2700. The molecular weight excluding hydrogens is 855 g/mol. The van der Waals surface area contributed by atoms with Crippen LogP contribution in [0.15, 0.2) is 54.9 Å². The van der Waals surface area contributed by atoms with Crippen molar-refractivity contribution in [3.8, 4) is 11.3 Å². The monoisotopic (exact) mass is 899 g/mol. The van der Waals surface area contributed by atoms with Gasteiger partial charge in [0.25, 0.3) is 17.7 Å². The van der Waals surface area contributed by atoms with E-state index in [1.165, 1.54) is 47.0 Å². The largest absolute Gasteiger partial charge is 0.385 e. The van der Waals surface area contributed by atoms with E-state index in [0.717, 1.165) is 27.3 Å². The van der Waals surface area contributed by atoms with Gasteiger partial charge in [0, 0.05) is 81.8 Å². The molecule has 2 aromatic carbocycles. The van der Waals surface area contributed by atoms with Gasteiger partial charge in [-0.05, 0) is 60.7 Å². The number of carbonyl (C=O) groups excluding carboxylic acids is 4. The van der Waals surface area contributed by atoms with Gasteiger partial charge in [0.05, 0.1) is 45.3 Å². The summed E-state index contributed by atoms with van der Waals surface area (Å²) in [6.45, 7) is 2.42. The highest BCUT2D eigenvalue weighted by atomic mass is 35.5. The molecule has 1 saturated carbocycles.